The highest BCUT2D eigenvalue weighted by Crippen LogP contribution is 2.37. The van der Waals surface area contributed by atoms with Crippen LogP contribution in [-0.4, -0.2) is 171 Å². The molecule has 4 amide bonds. The lowest BCUT2D eigenvalue weighted by molar-refractivity contribution is -0.172. The van der Waals surface area contributed by atoms with Gasteiger partial charge < -0.3 is 64.1 Å². The summed E-state index contributed by atoms with van der Waals surface area (Å²) in [6, 6.07) is 13.9. The zero-order chi connectivity index (χ0) is 58.3. The van der Waals surface area contributed by atoms with Gasteiger partial charge in [0.05, 0.1) is 31.5 Å². The van der Waals surface area contributed by atoms with E-state index >= 15 is 0 Å². The molecule has 6 atom stereocenters. The number of rotatable bonds is 30. The van der Waals surface area contributed by atoms with Gasteiger partial charge in [-0.25, -0.2) is 9.80 Å². The van der Waals surface area contributed by atoms with Crippen LogP contribution in [-0.2, 0) is 62.5 Å². The Morgan fingerprint density at radius 1 is 1.06 bits per heavy atom. The van der Waals surface area contributed by atoms with Gasteiger partial charge in [-0.05, 0) is 81.3 Å². The van der Waals surface area contributed by atoms with Gasteiger partial charge in [0.25, 0.3) is 0 Å². The summed E-state index contributed by atoms with van der Waals surface area (Å²) in [6.07, 6.45) is 2.03. The van der Waals surface area contributed by atoms with Gasteiger partial charge in [-0.2, -0.15) is 0 Å². The van der Waals surface area contributed by atoms with Crippen LogP contribution < -0.4 is 31.0 Å². The molecule has 2 heterocycles. The average Bonchev–Trinajstić information content (AvgIpc) is 3.73. The number of carbonyl (C=O) groups is 7. The van der Waals surface area contributed by atoms with Gasteiger partial charge in [0.15, 0.2) is 5.72 Å². The number of cyclic esters (lactones) is 1. The molecule has 1 aliphatic heterocycles. The van der Waals surface area contributed by atoms with Crippen molar-refractivity contribution in [1.29, 1.82) is 0 Å². The summed E-state index contributed by atoms with van der Waals surface area (Å²) in [5.41, 5.74) is 4.14. The number of aliphatic carboxylic acids is 1. The zero-order valence-corrected chi connectivity index (χ0v) is 47.6. The lowest BCUT2D eigenvalue weighted by Crippen LogP contribution is -2.63. The Morgan fingerprint density at radius 2 is 1.76 bits per heavy atom. The number of aromatic nitrogens is 1. The van der Waals surface area contributed by atoms with E-state index in [2.05, 4.69) is 32.0 Å². The number of aliphatic hydroxyl groups is 2. The Kier molecular flexibility index (Phi) is 26.7. The summed E-state index contributed by atoms with van der Waals surface area (Å²) in [4.78, 5) is 88.3. The SMILES string of the molecule is CCC(=O)O.CNN(C)Cc1cc2ccccc2n1CCC(=O)NCC(=O)NCCCC(=O)N(C)CC(=O)OC(CC=O)[C@](C)(O)CC(C)C1CC(O)(C(/C=C/C=C(\C)Cc2cc(OC)c(Cl)c(N(C)C)c2)OC)NC(=O)O1. The number of nitrogens with one attached hydrogen (secondary N) is 4. The first-order valence-electron chi connectivity index (χ1n) is 25.7. The highest BCUT2D eigenvalue weighted by Gasteiger charge is 2.48. The van der Waals surface area contributed by atoms with Crippen molar-refractivity contribution in [3.63, 3.8) is 0 Å². The van der Waals surface area contributed by atoms with E-state index in [1.54, 1.807) is 33.1 Å². The number of carboxylic acids is 1. The van der Waals surface area contributed by atoms with Crippen LogP contribution in [0.3, 0.4) is 0 Å². The molecule has 0 radical (unpaired) electrons. The van der Waals surface area contributed by atoms with Crippen LogP contribution in [0, 0.1) is 5.92 Å². The van der Waals surface area contributed by atoms with Crippen LogP contribution in [0.5, 0.6) is 5.75 Å². The molecule has 0 bridgehead atoms. The minimum Gasteiger partial charge on any atom is -0.495 e. The van der Waals surface area contributed by atoms with Crippen LogP contribution >= 0.6 is 11.6 Å². The number of hydrogen-bond donors (Lipinski definition) is 7. The second kappa shape index (κ2) is 31.7. The number of alkyl carbamates (subject to hydrolysis) is 1. The van der Waals surface area contributed by atoms with E-state index in [1.807, 2.05) is 87.5 Å². The number of amides is 4. The number of esters is 1. The van der Waals surface area contributed by atoms with E-state index < -0.39 is 71.9 Å². The first kappa shape index (κ1) is 65.7. The minimum absolute atomic E-state index is 0.0188. The first-order valence-corrected chi connectivity index (χ1v) is 26.1. The quantitative estimate of drug-likeness (QED) is 0.0159. The number of ether oxygens (including phenoxy) is 4. The van der Waals surface area contributed by atoms with Crippen LogP contribution in [0.2, 0.25) is 5.02 Å². The summed E-state index contributed by atoms with van der Waals surface area (Å²) in [5.74, 6) is -2.82. The number of methoxy groups -OCH3 is 2. The minimum atomic E-state index is -1.92. The third kappa shape index (κ3) is 20.7. The molecular weight excluding hydrogens is 1030 g/mol. The molecule has 1 fully saturated rings. The van der Waals surface area contributed by atoms with Gasteiger partial charge in [-0.1, -0.05) is 67.4 Å². The second-order valence-corrected chi connectivity index (χ2v) is 20.2. The molecule has 0 saturated carbocycles. The van der Waals surface area contributed by atoms with Crippen molar-refractivity contribution < 1.29 is 67.8 Å². The van der Waals surface area contributed by atoms with Gasteiger partial charge in [0.2, 0.25) is 17.7 Å². The van der Waals surface area contributed by atoms with Crippen LogP contribution in [0.15, 0.2) is 66.3 Å². The molecule has 1 aromatic heterocycles. The molecular formula is C55H81ClN8O14. The molecule has 1 aliphatic rings. The monoisotopic (exact) mass is 1110 g/mol. The topological polar surface area (TPSA) is 280 Å². The maximum absolute atomic E-state index is 13.1. The number of para-hydroxylation sites is 1. The first-order chi connectivity index (χ1) is 36.8. The number of anilines is 1. The maximum atomic E-state index is 13.1. The van der Waals surface area contributed by atoms with Crippen molar-refractivity contribution in [2.45, 2.75) is 122 Å². The number of allylic oxidation sites excluding steroid dienone is 3. The Bertz CT molecular complexity index is 2570. The molecule has 22 nitrogen and oxygen atoms in total. The third-order valence-electron chi connectivity index (χ3n) is 13.1. The van der Waals surface area contributed by atoms with E-state index in [0.29, 0.717) is 36.6 Å². The number of aldehydes is 1. The van der Waals surface area contributed by atoms with Gasteiger partial charge in [0, 0.05) is 91.7 Å². The molecule has 4 rings (SSSR count). The lowest BCUT2D eigenvalue weighted by Gasteiger charge is -2.43. The number of benzene rings is 2. The Balaban J connectivity index is 0.00000305. The molecule has 7 N–H and O–H groups in total. The van der Waals surface area contributed by atoms with E-state index in [4.69, 9.17) is 35.7 Å². The zero-order valence-electron chi connectivity index (χ0n) is 46.9. The fourth-order valence-corrected chi connectivity index (χ4v) is 9.05. The normalized spacial score (nSPS) is 17.3. The predicted octanol–water partition coefficient (Wildman–Crippen LogP) is 4.50. The van der Waals surface area contributed by atoms with E-state index in [9.17, 15) is 43.8 Å². The van der Waals surface area contributed by atoms with Crippen molar-refractivity contribution in [3.8, 4) is 5.75 Å². The summed E-state index contributed by atoms with van der Waals surface area (Å²) in [5, 5.41) is 42.5. The van der Waals surface area contributed by atoms with Gasteiger partial charge in [-0.3, -0.25) is 34.7 Å². The van der Waals surface area contributed by atoms with E-state index in [-0.39, 0.29) is 63.9 Å². The van der Waals surface area contributed by atoms with Crippen LogP contribution in [0.1, 0.15) is 83.9 Å². The van der Waals surface area contributed by atoms with E-state index in [0.717, 1.165) is 38.3 Å². The van der Waals surface area contributed by atoms with Crippen molar-refractivity contribution in [2.75, 3.05) is 74.0 Å². The predicted molar refractivity (Wildman–Crippen MR) is 296 cm³/mol. The van der Waals surface area contributed by atoms with Gasteiger partial charge in [0.1, 0.15) is 41.9 Å². The summed E-state index contributed by atoms with van der Waals surface area (Å²) < 4.78 is 24.3. The summed E-state index contributed by atoms with van der Waals surface area (Å²) in [7, 11) is 11.9. The molecule has 0 spiro atoms. The van der Waals surface area contributed by atoms with E-state index in [1.165, 1.54) is 21.1 Å². The number of aryl methyl sites for hydroxylation is 1. The number of hydrazine groups is 1. The van der Waals surface area contributed by atoms with Crippen molar-refractivity contribution >= 4 is 70.2 Å². The fourth-order valence-electron chi connectivity index (χ4n) is 8.69. The van der Waals surface area contributed by atoms with Crippen LogP contribution in [0.25, 0.3) is 10.9 Å². The number of fused-ring (bicyclic) bond motifs is 1. The smallest absolute Gasteiger partial charge is 0.409 e. The highest BCUT2D eigenvalue weighted by atomic mass is 35.5. The molecule has 5 unspecified atom stereocenters. The number of likely N-dealkylation sites (N-methyl/N-ethyl adjacent to an activating group) is 1. The molecule has 1 saturated heterocycles. The molecule has 0 aliphatic carbocycles. The van der Waals surface area contributed by atoms with Crippen molar-refractivity contribution in [2.24, 2.45) is 5.92 Å². The maximum Gasteiger partial charge on any atom is 0.409 e. The molecule has 78 heavy (non-hydrogen) atoms. The fraction of sp³-hybridized carbons (Fsp3) is 0.545. The highest BCUT2D eigenvalue weighted by molar-refractivity contribution is 6.34. The second-order valence-electron chi connectivity index (χ2n) is 19.8. The number of hydrogen-bond acceptors (Lipinski definition) is 16. The Morgan fingerprint density at radius 3 is 2.38 bits per heavy atom. The molecule has 2 aromatic carbocycles. The molecule has 3 aromatic rings. The Hall–Kier alpha value is -6.56. The number of halogens is 1. The molecule has 23 heteroatoms. The number of carboxylic acid groups (broad SMARTS) is 1. The molecule has 432 valence electrons. The lowest BCUT2D eigenvalue weighted by atomic mass is 9.81. The standard InChI is InChI=1S/C52H75ClN8O12.C3H6O2/c1-34(25-36-26-40(58(5)6)49(53)41(27-36)70-9)15-13-18-44(71-10)52(69)30-42(72-50(67)57-52)35(2)29-51(3,68)43(21-24-62)73-48(66)33-59(7)47(65)19-14-22-55-46(64)31-56-45(63)20-23-61-38(32-60(8)54-4)28-37-16-11-12-17-39(37)61;1-2-3(4)5/h11-13,15-18,24,26-28,35,42-44,54,68-69H,14,19-23,25,29-33H2,1-10H3,(H,55,64)(H,56,63)(H,57,67);2H2,1H3,(H,4,5)/b18-13+,34-15+;/t35?,42?,43?,44?,51-,52?;/m1./s1. The summed E-state index contributed by atoms with van der Waals surface area (Å²) in [6.45, 7) is 7.09. The summed E-state index contributed by atoms with van der Waals surface area (Å²) >= 11 is 6.49. The van der Waals surface area contributed by atoms with Crippen molar-refractivity contribution in [3.05, 3.63) is 82.5 Å². The average molecular weight is 1110 g/mol. The third-order valence-corrected chi connectivity index (χ3v) is 13.4. The number of nitrogens with zero attached hydrogens (tertiary/aromatic N) is 4. The van der Waals surface area contributed by atoms with Gasteiger partial charge in [-0.15, -0.1) is 0 Å². The Labute approximate surface area is 462 Å². The van der Waals surface area contributed by atoms with Crippen LogP contribution in [0.4, 0.5) is 10.5 Å². The van der Waals surface area contributed by atoms with Gasteiger partial charge >= 0.3 is 18.0 Å². The largest absolute Gasteiger partial charge is 0.495 e. The van der Waals surface area contributed by atoms with Crippen molar-refractivity contribution in [1.82, 2.24) is 35.9 Å². The number of carbonyl (C=O) groups excluding carboxylic acids is 6.